The minimum atomic E-state index is -0.872. The van der Waals surface area contributed by atoms with Crippen molar-refractivity contribution < 1.29 is 54.3 Å². The second-order valence-electron chi connectivity index (χ2n) is 17.3. The van der Waals surface area contributed by atoms with E-state index in [9.17, 15) is 54.3 Å². The largest absolute Gasteiger partial charge is 0.321 e. The molecule has 8 aromatic rings. The molecule has 76 heavy (non-hydrogen) atoms. The summed E-state index contributed by atoms with van der Waals surface area (Å²) in [5.74, 6) is -10.1. The Morgan fingerprint density at radius 3 is 0.487 bits per heavy atom. The van der Waals surface area contributed by atoms with Gasteiger partial charge in [0.05, 0.1) is 0 Å². The normalized spacial score (nSPS) is 10.3. The summed E-state index contributed by atoms with van der Waals surface area (Å²) in [4.78, 5) is 47.9. The summed E-state index contributed by atoms with van der Waals surface area (Å²) in [7, 11) is 0. The zero-order chi connectivity index (χ0) is 56.0. The summed E-state index contributed by atoms with van der Waals surface area (Å²) < 4.78 is 108. The molecule has 0 radical (unpaired) electrons. The zero-order valence-corrected chi connectivity index (χ0v) is 42.5. The molecule has 0 heterocycles. The van der Waals surface area contributed by atoms with Crippen LogP contribution >= 0.6 is 0 Å². The lowest BCUT2D eigenvalue weighted by Crippen LogP contribution is -2.17. The second kappa shape index (κ2) is 26.3. The van der Waals surface area contributed by atoms with Crippen LogP contribution < -0.4 is 21.3 Å². The van der Waals surface area contributed by atoms with Crippen LogP contribution in [-0.4, -0.2) is 23.6 Å². The molecular weight excluding hydrogens is 993 g/mol. The molecule has 0 aliphatic carbocycles. The van der Waals surface area contributed by atoms with E-state index in [-0.39, 0.29) is 0 Å². The third kappa shape index (κ3) is 14.6. The Kier molecular flexibility index (Phi) is 20.1. The number of rotatable bonds is 8. The first-order chi connectivity index (χ1) is 36.0. The van der Waals surface area contributed by atoms with Gasteiger partial charge in [0.2, 0.25) is 0 Å². The molecule has 4 N–H and O–H groups in total. The van der Waals surface area contributed by atoms with Crippen molar-refractivity contribution in [2.24, 2.45) is 0 Å². The molecule has 16 heteroatoms. The lowest BCUT2D eigenvalue weighted by molar-refractivity contribution is 0.101. The number of anilines is 4. The smallest absolute Gasteiger partial charge is 0.261 e. The number of halogens is 8. The van der Waals surface area contributed by atoms with Gasteiger partial charge in [-0.2, -0.15) is 0 Å². The molecule has 0 aliphatic rings. The van der Waals surface area contributed by atoms with Gasteiger partial charge in [-0.25, -0.2) is 35.1 Å². The number of nitrogens with one attached hydrogen (secondary N) is 4. The molecule has 0 saturated heterocycles. The van der Waals surface area contributed by atoms with Crippen molar-refractivity contribution in [1.29, 1.82) is 0 Å². The van der Waals surface area contributed by atoms with Crippen molar-refractivity contribution in [2.75, 3.05) is 21.3 Å². The van der Waals surface area contributed by atoms with Crippen LogP contribution in [-0.2, 0) is 0 Å². The molecule has 0 aliphatic heterocycles. The second-order valence-corrected chi connectivity index (χ2v) is 17.3. The van der Waals surface area contributed by atoms with Gasteiger partial charge in [0, 0.05) is 22.7 Å². The van der Waals surface area contributed by atoms with Gasteiger partial charge in [-0.3, -0.25) is 19.2 Å². The van der Waals surface area contributed by atoms with Crippen LogP contribution in [0.5, 0.6) is 0 Å². The lowest BCUT2D eigenvalue weighted by atomic mass is 10.1. The Hall–Kier alpha value is -8.92. The van der Waals surface area contributed by atoms with E-state index >= 15 is 0 Å². The number of carbonyl (C=O) groups excluding carboxylic acids is 4. The summed E-state index contributed by atoms with van der Waals surface area (Å²) in [6, 6.07) is 35.3. The minimum Gasteiger partial charge on any atom is -0.321 e. The number of para-hydroxylation sites is 4. The van der Waals surface area contributed by atoms with E-state index in [0.29, 0.717) is 22.7 Å². The van der Waals surface area contributed by atoms with Crippen LogP contribution in [0.25, 0.3) is 0 Å². The van der Waals surface area contributed by atoms with E-state index in [1.165, 1.54) is 24.3 Å². The van der Waals surface area contributed by atoms with E-state index in [4.69, 9.17) is 0 Å². The molecule has 392 valence electrons. The molecule has 4 amide bonds. The van der Waals surface area contributed by atoms with Crippen molar-refractivity contribution in [3.63, 3.8) is 0 Å². The number of hydrogen-bond donors (Lipinski definition) is 4. The Morgan fingerprint density at radius 2 is 0.355 bits per heavy atom. The predicted octanol–water partition coefficient (Wildman–Crippen LogP) is 15.3. The maximum absolute atomic E-state index is 13.5. The predicted molar refractivity (Wildman–Crippen MR) is 281 cm³/mol. The summed E-state index contributed by atoms with van der Waals surface area (Å²) in [5, 5.41) is 10.2. The number of carbonyl (C=O) groups is 4. The quantitative estimate of drug-likeness (QED) is 0.113. The Labute approximate surface area is 434 Å². The van der Waals surface area contributed by atoms with Gasteiger partial charge >= 0.3 is 0 Å². The van der Waals surface area contributed by atoms with Gasteiger partial charge in [-0.05, 0) is 148 Å². The fourth-order valence-corrected chi connectivity index (χ4v) is 7.61. The highest BCUT2D eigenvalue weighted by Crippen LogP contribution is 2.26. The SMILES string of the molecule is Cc1cccc(C)c1NC(=O)c1c(F)cccc1F.Cc1cccc(C)c1NC(=O)c1c(F)cccc1F.Cc1cccc(C)c1NC(=O)c1c(F)cccc1F.Cc1cccc(C)c1NC(=O)c1c(F)cccc1F. The molecule has 0 fully saturated rings. The minimum absolute atomic E-state index is 0.565. The van der Waals surface area contributed by atoms with Gasteiger partial charge in [-0.1, -0.05) is 97.1 Å². The standard InChI is InChI=1S/4C15H13F2NO/c4*1-9-5-3-6-10(2)14(9)18-15(19)13-11(16)7-4-8-12(13)17/h4*3-8H,1-2H3,(H,18,19). The van der Waals surface area contributed by atoms with Crippen molar-refractivity contribution in [2.45, 2.75) is 55.4 Å². The maximum Gasteiger partial charge on any atom is 0.261 e. The number of benzene rings is 8. The first-order valence-corrected chi connectivity index (χ1v) is 23.3. The highest BCUT2D eigenvalue weighted by atomic mass is 19.2. The van der Waals surface area contributed by atoms with Gasteiger partial charge < -0.3 is 21.3 Å². The first-order valence-electron chi connectivity index (χ1n) is 23.3. The van der Waals surface area contributed by atoms with Crippen molar-refractivity contribution in [1.82, 2.24) is 0 Å². The monoisotopic (exact) mass is 1040 g/mol. The van der Waals surface area contributed by atoms with Crippen LogP contribution in [0, 0.1) is 102 Å². The van der Waals surface area contributed by atoms with Crippen LogP contribution in [0.4, 0.5) is 57.9 Å². The Morgan fingerprint density at radius 1 is 0.237 bits per heavy atom. The molecule has 0 spiro atoms. The zero-order valence-electron chi connectivity index (χ0n) is 42.5. The molecule has 0 aromatic heterocycles. The van der Waals surface area contributed by atoms with Crippen molar-refractivity contribution in [3.8, 4) is 0 Å². The van der Waals surface area contributed by atoms with Crippen molar-refractivity contribution in [3.05, 3.63) is 259 Å². The van der Waals surface area contributed by atoms with Gasteiger partial charge in [0.1, 0.15) is 68.8 Å². The van der Waals surface area contributed by atoms with Gasteiger partial charge in [0.25, 0.3) is 23.6 Å². The molecular formula is C60H52F8N4O4. The van der Waals surface area contributed by atoms with Crippen LogP contribution in [0.15, 0.2) is 146 Å². The van der Waals surface area contributed by atoms with Crippen LogP contribution in [0.3, 0.4) is 0 Å². The van der Waals surface area contributed by atoms with E-state index in [1.807, 2.05) is 128 Å². The van der Waals surface area contributed by atoms with E-state index in [0.717, 1.165) is 93.0 Å². The summed E-state index contributed by atoms with van der Waals surface area (Å²) in [6.07, 6.45) is 0. The molecule has 8 aromatic carbocycles. The average molecular weight is 1050 g/mol. The third-order valence-electron chi connectivity index (χ3n) is 11.6. The number of hydrogen-bond acceptors (Lipinski definition) is 4. The van der Waals surface area contributed by atoms with Crippen molar-refractivity contribution >= 4 is 46.4 Å². The Bertz CT molecular complexity index is 2840. The fourth-order valence-electron chi connectivity index (χ4n) is 7.61. The molecule has 0 unspecified atom stereocenters. The highest BCUT2D eigenvalue weighted by molar-refractivity contribution is 6.07. The molecule has 8 nitrogen and oxygen atoms in total. The summed E-state index contributed by atoms with van der Waals surface area (Å²) >= 11 is 0. The third-order valence-corrected chi connectivity index (χ3v) is 11.6. The molecule has 0 atom stereocenters. The van der Waals surface area contributed by atoms with E-state index < -0.39 is 92.4 Å². The lowest BCUT2D eigenvalue weighted by Gasteiger charge is -2.12. The summed E-state index contributed by atoms with van der Waals surface area (Å²) in [6.45, 7) is 14.6. The van der Waals surface area contributed by atoms with Crippen LogP contribution in [0.2, 0.25) is 0 Å². The van der Waals surface area contributed by atoms with Crippen LogP contribution in [0.1, 0.15) is 85.9 Å². The Balaban J connectivity index is 0.000000187. The molecule has 0 saturated carbocycles. The molecule has 0 bridgehead atoms. The maximum atomic E-state index is 13.5. The average Bonchev–Trinajstić information content (AvgIpc) is 3.34. The van der Waals surface area contributed by atoms with E-state index in [2.05, 4.69) is 21.3 Å². The highest BCUT2D eigenvalue weighted by Gasteiger charge is 2.22. The van der Waals surface area contributed by atoms with E-state index in [1.54, 1.807) is 0 Å². The van der Waals surface area contributed by atoms with Gasteiger partial charge in [-0.15, -0.1) is 0 Å². The number of aryl methyl sites for hydroxylation is 8. The fraction of sp³-hybridized carbons (Fsp3) is 0.133. The first kappa shape index (κ1) is 58.0. The molecule has 8 rings (SSSR count). The topological polar surface area (TPSA) is 116 Å². The summed E-state index contributed by atoms with van der Waals surface area (Å²) in [5.41, 5.74) is 6.76. The van der Waals surface area contributed by atoms with Gasteiger partial charge in [0.15, 0.2) is 0 Å². The number of amides is 4.